The number of rotatable bonds is 7. The van der Waals surface area contributed by atoms with Crippen LogP contribution in [0.1, 0.15) is 31.7 Å². The molecule has 2 rings (SSSR count). The minimum atomic E-state index is -0.411. The Morgan fingerprint density at radius 3 is 2.50 bits per heavy atom. The highest BCUT2D eigenvalue weighted by Crippen LogP contribution is 2.23. The molecule has 0 aliphatic carbocycles. The SMILES string of the molecule is CCCC/C(=N/Nc1ccccc1[N+](=O)[O-])c1ccccc1. The Morgan fingerprint density at radius 2 is 1.82 bits per heavy atom. The summed E-state index contributed by atoms with van der Waals surface area (Å²) in [7, 11) is 0. The van der Waals surface area contributed by atoms with Crippen LogP contribution < -0.4 is 5.43 Å². The van der Waals surface area contributed by atoms with Crippen LogP contribution in [-0.2, 0) is 0 Å². The van der Waals surface area contributed by atoms with Crippen LogP contribution in [0.15, 0.2) is 59.7 Å². The fourth-order valence-corrected chi connectivity index (χ4v) is 2.09. The second-order valence-electron chi connectivity index (χ2n) is 4.91. The van der Waals surface area contributed by atoms with Crippen LogP contribution in [0.2, 0.25) is 0 Å². The van der Waals surface area contributed by atoms with E-state index < -0.39 is 4.92 Å². The van der Waals surface area contributed by atoms with Gasteiger partial charge in [0.05, 0.1) is 10.6 Å². The highest BCUT2D eigenvalue weighted by Gasteiger charge is 2.12. The summed E-state index contributed by atoms with van der Waals surface area (Å²) in [4.78, 5) is 10.6. The molecule has 0 saturated carbocycles. The topological polar surface area (TPSA) is 67.5 Å². The van der Waals surface area contributed by atoms with Crippen molar-refractivity contribution >= 4 is 17.1 Å². The van der Waals surface area contributed by atoms with Crippen LogP contribution in [0.25, 0.3) is 0 Å². The second kappa shape index (κ2) is 7.93. The lowest BCUT2D eigenvalue weighted by Crippen LogP contribution is -2.05. The van der Waals surface area contributed by atoms with Gasteiger partial charge < -0.3 is 0 Å². The average molecular weight is 297 g/mol. The molecule has 0 saturated heterocycles. The van der Waals surface area contributed by atoms with E-state index in [4.69, 9.17) is 0 Å². The lowest BCUT2D eigenvalue weighted by Gasteiger charge is -2.08. The number of nitrogens with one attached hydrogen (secondary N) is 1. The summed E-state index contributed by atoms with van der Waals surface area (Å²) in [6, 6.07) is 16.4. The van der Waals surface area contributed by atoms with Crippen molar-refractivity contribution in [1.82, 2.24) is 0 Å². The number of hydrogen-bond acceptors (Lipinski definition) is 4. The second-order valence-corrected chi connectivity index (χ2v) is 4.91. The zero-order chi connectivity index (χ0) is 15.8. The van der Waals surface area contributed by atoms with Crippen LogP contribution in [0.3, 0.4) is 0 Å². The maximum Gasteiger partial charge on any atom is 0.294 e. The van der Waals surface area contributed by atoms with Crippen LogP contribution in [0, 0.1) is 10.1 Å². The summed E-state index contributed by atoms with van der Waals surface area (Å²) in [6.45, 7) is 2.12. The van der Waals surface area contributed by atoms with E-state index in [1.165, 1.54) is 6.07 Å². The maximum absolute atomic E-state index is 11.0. The van der Waals surface area contributed by atoms with Gasteiger partial charge in [0.1, 0.15) is 5.69 Å². The quantitative estimate of drug-likeness (QED) is 0.461. The van der Waals surface area contributed by atoms with Crippen LogP contribution >= 0.6 is 0 Å². The fraction of sp³-hybridized carbons (Fsp3) is 0.235. The third kappa shape index (κ3) is 4.15. The number of hydrogen-bond donors (Lipinski definition) is 1. The largest absolute Gasteiger partial charge is 0.294 e. The monoisotopic (exact) mass is 297 g/mol. The Balaban J connectivity index is 2.25. The van der Waals surface area contributed by atoms with Crippen molar-refractivity contribution in [3.05, 3.63) is 70.3 Å². The van der Waals surface area contributed by atoms with Gasteiger partial charge in [0.15, 0.2) is 0 Å². The van der Waals surface area contributed by atoms with E-state index in [0.717, 1.165) is 30.5 Å². The van der Waals surface area contributed by atoms with E-state index in [9.17, 15) is 10.1 Å². The Kier molecular flexibility index (Phi) is 5.65. The van der Waals surface area contributed by atoms with Crippen molar-refractivity contribution in [2.75, 3.05) is 5.43 Å². The Hall–Kier alpha value is -2.69. The molecule has 0 aliphatic rings. The number of nitro groups is 1. The molecule has 0 atom stereocenters. The molecule has 0 spiro atoms. The van der Waals surface area contributed by atoms with E-state index in [2.05, 4.69) is 17.5 Å². The summed E-state index contributed by atoms with van der Waals surface area (Å²) in [5.41, 5.74) is 5.20. The van der Waals surface area contributed by atoms with E-state index in [1.54, 1.807) is 18.2 Å². The fourth-order valence-electron chi connectivity index (χ4n) is 2.09. The van der Waals surface area contributed by atoms with Crippen molar-refractivity contribution in [1.29, 1.82) is 0 Å². The van der Waals surface area contributed by atoms with Crippen molar-refractivity contribution in [2.45, 2.75) is 26.2 Å². The summed E-state index contributed by atoms with van der Waals surface area (Å²) < 4.78 is 0. The van der Waals surface area contributed by atoms with Crippen molar-refractivity contribution in [3.63, 3.8) is 0 Å². The summed E-state index contributed by atoms with van der Waals surface area (Å²) in [5.74, 6) is 0. The number of hydrazone groups is 1. The van der Waals surface area contributed by atoms with E-state index in [0.29, 0.717) is 5.69 Å². The summed E-state index contributed by atoms with van der Waals surface area (Å²) in [5, 5.41) is 15.4. The van der Waals surface area contributed by atoms with Gasteiger partial charge in [-0.3, -0.25) is 15.5 Å². The third-order valence-corrected chi connectivity index (χ3v) is 3.29. The molecular formula is C17H19N3O2. The Labute approximate surface area is 129 Å². The van der Waals surface area contributed by atoms with Crippen molar-refractivity contribution in [3.8, 4) is 0 Å². The van der Waals surface area contributed by atoms with Crippen LogP contribution in [-0.4, -0.2) is 10.6 Å². The zero-order valence-corrected chi connectivity index (χ0v) is 12.5. The van der Waals surface area contributed by atoms with Gasteiger partial charge in [-0.15, -0.1) is 0 Å². The molecule has 22 heavy (non-hydrogen) atoms. The van der Waals surface area contributed by atoms with E-state index in [-0.39, 0.29) is 5.69 Å². The first-order valence-corrected chi connectivity index (χ1v) is 7.33. The maximum atomic E-state index is 11.0. The normalized spacial score (nSPS) is 11.2. The molecule has 0 fully saturated rings. The molecule has 5 heteroatoms. The zero-order valence-electron chi connectivity index (χ0n) is 12.5. The number of para-hydroxylation sites is 2. The van der Waals surface area contributed by atoms with Gasteiger partial charge in [-0.25, -0.2) is 0 Å². The first-order valence-electron chi connectivity index (χ1n) is 7.33. The van der Waals surface area contributed by atoms with Gasteiger partial charge >= 0.3 is 0 Å². The molecule has 114 valence electrons. The molecule has 0 aromatic heterocycles. The Bertz CT molecular complexity index is 654. The molecular weight excluding hydrogens is 278 g/mol. The number of unbranched alkanes of at least 4 members (excludes halogenated alkanes) is 1. The predicted molar refractivity (Wildman–Crippen MR) is 89.2 cm³/mol. The third-order valence-electron chi connectivity index (χ3n) is 3.29. The highest BCUT2D eigenvalue weighted by atomic mass is 16.6. The van der Waals surface area contributed by atoms with E-state index >= 15 is 0 Å². The number of nitrogens with zero attached hydrogens (tertiary/aromatic N) is 2. The number of nitro benzene ring substituents is 1. The molecule has 2 aromatic rings. The molecule has 0 amide bonds. The van der Waals surface area contributed by atoms with Gasteiger partial charge in [0.2, 0.25) is 0 Å². The lowest BCUT2D eigenvalue weighted by atomic mass is 10.1. The molecule has 0 radical (unpaired) electrons. The van der Waals surface area contributed by atoms with Gasteiger partial charge in [0, 0.05) is 6.07 Å². The minimum Gasteiger partial charge on any atom is -0.271 e. The first kappa shape index (κ1) is 15.7. The molecule has 2 aromatic carbocycles. The van der Waals surface area contributed by atoms with E-state index in [1.807, 2.05) is 30.3 Å². The van der Waals surface area contributed by atoms with Crippen molar-refractivity contribution in [2.24, 2.45) is 5.10 Å². The van der Waals surface area contributed by atoms with Crippen LogP contribution in [0.5, 0.6) is 0 Å². The first-order chi connectivity index (χ1) is 10.7. The molecule has 1 N–H and O–H groups in total. The standard InChI is InChI=1S/C17H19N3O2/c1-2-3-11-15(14-9-5-4-6-10-14)18-19-16-12-7-8-13-17(16)20(21)22/h4-10,12-13,19H,2-3,11H2,1H3/b18-15-. The van der Waals surface area contributed by atoms with Gasteiger partial charge in [-0.2, -0.15) is 5.10 Å². The predicted octanol–water partition coefficient (Wildman–Crippen LogP) is 4.60. The molecule has 0 unspecified atom stereocenters. The number of anilines is 1. The van der Waals surface area contributed by atoms with Crippen LogP contribution in [0.4, 0.5) is 11.4 Å². The Morgan fingerprint density at radius 1 is 1.14 bits per heavy atom. The highest BCUT2D eigenvalue weighted by molar-refractivity contribution is 6.01. The summed E-state index contributed by atoms with van der Waals surface area (Å²) >= 11 is 0. The average Bonchev–Trinajstić information content (AvgIpc) is 2.56. The smallest absolute Gasteiger partial charge is 0.271 e. The molecule has 5 nitrogen and oxygen atoms in total. The van der Waals surface area contributed by atoms with Gasteiger partial charge in [0.25, 0.3) is 5.69 Å². The van der Waals surface area contributed by atoms with Crippen molar-refractivity contribution < 1.29 is 4.92 Å². The molecule has 0 bridgehead atoms. The minimum absolute atomic E-state index is 0.0224. The molecule has 0 aliphatic heterocycles. The van der Waals surface area contributed by atoms with Gasteiger partial charge in [-0.1, -0.05) is 55.8 Å². The lowest BCUT2D eigenvalue weighted by molar-refractivity contribution is -0.384. The van der Waals surface area contributed by atoms with Gasteiger partial charge in [-0.05, 0) is 24.5 Å². The number of benzene rings is 2. The molecule has 0 heterocycles. The summed E-state index contributed by atoms with van der Waals surface area (Å²) in [6.07, 6.45) is 2.91.